The normalized spacial score (nSPS) is 12.4. The first-order valence-electron chi connectivity index (χ1n) is 9.64. The molecule has 0 amide bonds. The molecular weight excluding hydrogens is 454 g/mol. The lowest BCUT2D eigenvalue weighted by Crippen LogP contribution is -2.26. The van der Waals surface area contributed by atoms with Crippen LogP contribution in [0.1, 0.15) is 18.7 Å². The summed E-state index contributed by atoms with van der Waals surface area (Å²) < 4.78 is 15.6. The van der Waals surface area contributed by atoms with E-state index in [1.54, 1.807) is 30.3 Å². The third-order valence-corrected chi connectivity index (χ3v) is 5.83. The van der Waals surface area contributed by atoms with E-state index in [0.29, 0.717) is 38.8 Å². The topological polar surface area (TPSA) is 88.5 Å². The van der Waals surface area contributed by atoms with Gasteiger partial charge in [-0.05, 0) is 48.7 Å². The summed E-state index contributed by atoms with van der Waals surface area (Å²) in [7, 11) is 0. The molecule has 5 rings (SSSR count). The molecule has 0 saturated carbocycles. The second-order valence-electron chi connectivity index (χ2n) is 7.20. The zero-order valence-corrected chi connectivity index (χ0v) is 18.1. The van der Waals surface area contributed by atoms with Crippen LogP contribution in [-0.2, 0) is 0 Å². The van der Waals surface area contributed by atoms with E-state index in [2.05, 4.69) is 25.3 Å². The van der Waals surface area contributed by atoms with Crippen LogP contribution in [0, 0.1) is 5.82 Å². The number of nitrogens with one attached hydrogen (secondary N) is 2. The maximum Gasteiger partial charge on any atom is 0.264 e. The fourth-order valence-electron chi connectivity index (χ4n) is 3.68. The number of imidazole rings is 1. The van der Waals surface area contributed by atoms with Gasteiger partial charge in [-0.15, -0.1) is 0 Å². The van der Waals surface area contributed by atoms with E-state index in [1.165, 1.54) is 29.4 Å². The Kier molecular flexibility index (Phi) is 5.03. The smallest absolute Gasteiger partial charge is 0.264 e. The van der Waals surface area contributed by atoms with Gasteiger partial charge in [0.15, 0.2) is 11.5 Å². The van der Waals surface area contributed by atoms with Gasteiger partial charge in [-0.1, -0.05) is 29.3 Å². The summed E-state index contributed by atoms with van der Waals surface area (Å²) in [4.78, 5) is 29.2. The maximum absolute atomic E-state index is 14.1. The van der Waals surface area contributed by atoms with E-state index in [0.717, 1.165) is 0 Å². The van der Waals surface area contributed by atoms with Gasteiger partial charge < -0.3 is 10.3 Å². The van der Waals surface area contributed by atoms with Gasteiger partial charge in [-0.3, -0.25) is 9.36 Å². The molecule has 0 aliphatic carbocycles. The van der Waals surface area contributed by atoms with Gasteiger partial charge in [0, 0.05) is 16.4 Å². The lowest BCUT2D eigenvalue weighted by Gasteiger charge is -2.21. The number of aromatic nitrogens is 5. The van der Waals surface area contributed by atoms with E-state index in [1.807, 2.05) is 6.92 Å². The molecule has 0 aliphatic heterocycles. The largest absolute Gasteiger partial charge is 0.360 e. The van der Waals surface area contributed by atoms with Crippen molar-refractivity contribution in [2.45, 2.75) is 13.0 Å². The molecule has 2 aromatic carbocycles. The fourth-order valence-corrected chi connectivity index (χ4v) is 4.06. The number of hydrogen-bond acceptors (Lipinski definition) is 5. The Morgan fingerprint density at radius 1 is 1.09 bits per heavy atom. The number of halogens is 3. The molecule has 0 bridgehead atoms. The van der Waals surface area contributed by atoms with Crippen LogP contribution in [0.5, 0.6) is 0 Å². The SMILES string of the molecule is C[C@@H](Nc1ncnc2[nH]cnc12)c1cc2ccc(F)c(Cl)c2c(=O)n1-c1ccc(Cl)cc1. The summed E-state index contributed by atoms with van der Waals surface area (Å²) in [5.41, 5.74) is 1.91. The highest BCUT2D eigenvalue weighted by Gasteiger charge is 2.20. The summed E-state index contributed by atoms with van der Waals surface area (Å²) in [6.45, 7) is 1.89. The molecule has 0 fully saturated rings. The molecule has 0 radical (unpaired) electrons. The predicted octanol–water partition coefficient (Wildman–Crippen LogP) is 5.28. The molecule has 0 saturated heterocycles. The van der Waals surface area contributed by atoms with E-state index < -0.39 is 11.4 Å². The van der Waals surface area contributed by atoms with Gasteiger partial charge in [0.05, 0.1) is 22.8 Å². The van der Waals surface area contributed by atoms with Gasteiger partial charge in [-0.2, -0.15) is 0 Å². The monoisotopic (exact) mass is 468 g/mol. The molecule has 1 atom stereocenters. The lowest BCUT2D eigenvalue weighted by atomic mass is 10.1. The van der Waals surface area contributed by atoms with Crippen LogP contribution in [0.2, 0.25) is 10.0 Å². The molecule has 2 N–H and O–H groups in total. The zero-order valence-electron chi connectivity index (χ0n) is 16.6. The molecule has 0 spiro atoms. The Labute approximate surface area is 190 Å². The van der Waals surface area contributed by atoms with Crippen molar-refractivity contribution >= 4 is 51.0 Å². The number of hydrogen-bond donors (Lipinski definition) is 2. The third kappa shape index (κ3) is 3.37. The van der Waals surface area contributed by atoms with Crippen LogP contribution < -0.4 is 10.9 Å². The average Bonchev–Trinajstić information content (AvgIpc) is 3.27. The molecule has 0 unspecified atom stereocenters. The quantitative estimate of drug-likeness (QED) is 0.374. The standard InChI is InChI=1S/C22H15Cl2FN6O/c1-11(30-21-19-20(27-9-26-19)28-10-29-21)16-8-12-2-7-15(25)18(24)17(12)22(32)31(16)14-5-3-13(23)4-6-14/h2-11H,1H3,(H2,26,27,28,29,30)/t11-/m1/s1. The minimum absolute atomic E-state index is 0.106. The Morgan fingerprint density at radius 2 is 1.88 bits per heavy atom. The molecule has 3 aromatic heterocycles. The van der Waals surface area contributed by atoms with Gasteiger partial charge in [0.2, 0.25) is 0 Å². The van der Waals surface area contributed by atoms with Crippen LogP contribution in [0.25, 0.3) is 27.6 Å². The minimum Gasteiger partial charge on any atom is -0.360 e. The van der Waals surface area contributed by atoms with Crippen molar-refractivity contribution in [1.29, 1.82) is 0 Å². The van der Waals surface area contributed by atoms with Crippen molar-refractivity contribution in [2.75, 3.05) is 5.32 Å². The van der Waals surface area contributed by atoms with Crippen LogP contribution in [-0.4, -0.2) is 24.5 Å². The number of H-pyrrole nitrogens is 1. The molecule has 5 aromatic rings. The van der Waals surface area contributed by atoms with Crippen molar-refractivity contribution < 1.29 is 4.39 Å². The van der Waals surface area contributed by atoms with Crippen molar-refractivity contribution in [3.63, 3.8) is 0 Å². The van der Waals surface area contributed by atoms with Gasteiger partial charge in [0.1, 0.15) is 17.7 Å². The van der Waals surface area contributed by atoms with Crippen molar-refractivity contribution in [1.82, 2.24) is 24.5 Å². The number of rotatable bonds is 4. The van der Waals surface area contributed by atoms with Crippen LogP contribution in [0.4, 0.5) is 10.2 Å². The van der Waals surface area contributed by atoms with Gasteiger partial charge >= 0.3 is 0 Å². The van der Waals surface area contributed by atoms with Crippen molar-refractivity contribution in [3.8, 4) is 5.69 Å². The molecule has 32 heavy (non-hydrogen) atoms. The summed E-state index contributed by atoms with van der Waals surface area (Å²) >= 11 is 12.2. The first kappa shape index (κ1) is 20.4. The Hall–Kier alpha value is -3.49. The first-order valence-corrected chi connectivity index (χ1v) is 10.4. The summed E-state index contributed by atoms with van der Waals surface area (Å²) in [5, 5.41) is 4.25. The first-order chi connectivity index (χ1) is 15.4. The molecular formula is C22H15Cl2FN6O. The highest BCUT2D eigenvalue weighted by Crippen LogP contribution is 2.29. The van der Waals surface area contributed by atoms with Crippen molar-refractivity contribution in [3.05, 3.63) is 87.0 Å². The highest BCUT2D eigenvalue weighted by molar-refractivity contribution is 6.35. The number of benzene rings is 2. The summed E-state index contributed by atoms with van der Waals surface area (Å²) in [6.07, 6.45) is 2.95. The van der Waals surface area contributed by atoms with Crippen LogP contribution in [0.3, 0.4) is 0 Å². The number of pyridine rings is 1. The molecule has 0 aliphatic rings. The molecule has 3 heterocycles. The second kappa shape index (κ2) is 7.89. The van der Waals surface area contributed by atoms with Gasteiger partial charge in [-0.25, -0.2) is 19.3 Å². The van der Waals surface area contributed by atoms with E-state index in [9.17, 15) is 9.18 Å². The minimum atomic E-state index is -0.653. The van der Waals surface area contributed by atoms with Crippen LogP contribution >= 0.6 is 23.2 Å². The fraction of sp³-hybridized carbons (Fsp3) is 0.0909. The summed E-state index contributed by atoms with van der Waals surface area (Å²) in [6, 6.07) is 11.0. The molecule has 160 valence electrons. The zero-order chi connectivity index (χ0) is 22.4. The van der Waals surface area contributed by atoms with Crippen LogP contribution in [0.15, 0.2) is 59.9 Å². The molecule has 10 heteroatoms. The average molecular weight is 469 g/mol. The Morgan fingerprint density at radius 3 is 2.66 bits per heavy atom. The number of nitrogens with zero attached hydrogens (tertiary/aromatic N) is 4. The predicted molar refractivity (Wildman–Crippen MR) is 123 cm³/mol. The Bertz CT molecular complexity index is 1530. The number of anilines is 1. The second-order valence-corrected chi connectivity index (χ2v) is 8.01. The van der Waals surface area contributed by atoms with Crippen molar-refractivity contribution in [2.24, 2.45) is 0 Å². The highest BCUT2D eigenvalue weighted by atomic mass is 35.5. The maximum atomic E-state index is 14.1. The van der Waals surface area contributed by atoms with E-state index >= 15 is 0 Å². The Balaban J connectivity index is 1.73. The third-order valence-electron chi connectivity index (χ3n) is 5.20. The van der Waals surface area contributed by atoms with E-state index in [4.69, 9.17) is 23.2 Å². The summed E-state index contributed by atoms with van der Waals surface area (Å²) in [5.74, 6) is -0.143. The van der Waals surface area contributed by atoms with Gasteiger partial charge in [0.25, 0.3) is 5.56 Å². The number of fused-ring (bicyclic) bond motifs is 2. The van der Waals surface area contributed by atoms with E-state index in [-0.39, 0.29) is 16.5 Å². The lowest BCUT2D eigenvalue weighted by molar-refractivity contribution is 0.629. The number of aromatic amines is 1. The molecule has 7 nitrogen and oxygen atoms in total.